The van der Waals surface area contributed by atoms with Gasteiger partial charge in [-0.25, -0.2) is 4.79 Å². The van der Waals surface area contributed by atoms with E-state index in [1.807, 2.05) is 25.1 Å². The number of carbonyl (C=O) groups is 1. The van der Waals surface area contributed by atoms with Crippen LogP contribution in [0, 0.1) is 0 Å². The predicted molar refractivity (Wildman–Crippen MR) is 77.4 cm³/mol. The maximum atomic E-state index is 11.5. The lowest BCUT2D eigenvalue weighted by atomic mass is 9.96. The molecule has 19 heavy (non-hydrogen) atoms. The van der Waals surface area contributed by atoms with Crippen LogP contribution in [0.25, 0.3) is 0 Å². The number of rotatable bonds is 6. The zero-order chi connectivity index (χ0) is 14.3. The van der Waals surface area contributed by atoms with E-state index < -0.39 is 5.60 Å². The summed E-state index contributed by atoms with van der Waals surface area (Å²) >= 11 is 5.97. The van der Waals surface area contributed by atoms with Crippen molar-refractivity contribution >= 4 is 17.6 Å². The van der Waals surface area contributed by atoms with Crippen molar-refractivity contribution < 1.29 is 9.53 Å². The van der Waals surface area contributed by atoms with Gasteiger partial charge in [0.15, 0.2) is 0 Å². The second-order valence-electron chi connectivity index (χ2n) is 4.30. The van der Waals surface area contributed by atoms with Gasteiger partial charge in [0.25, 0.3) is 0 Å². The van der Waals surface area contributed by atoms with Crippen molar-refractivity contribution in [2.75, 3.05) is 20.2 Å². The van der Waals surface area contributed by atoms with Crippen molar-refractivity contribution in [1.82, 2.24) is 10.6 Å². The zero-order valence-corrected chi connectivity index (χ0v) is 12.0. The average Bonchev–Trinajstić information content (AvgIpc) is 2.42. The lowest BCUT2D eigenvalue weighted by Crippen LogP contribution is -2.44. The molecule has 0 aliphatic heterocycles. The van der Waals surface area contributed by atoms with Gasteiger partial charge in [-0.3, -0.25) is 0 Å². The smallest absolute Gasteiger partial charge is 0.315 e. The maximum Gasteiger partial charge on any atom is 0.315 e. The predicted octanol–water partition coefficient (Wildman–Crippen LogP) is 2.69. The third kappa shape index (κ3) is 4.58. The molecule has 0 aliphatic rings. The fourth-order valence-electron chi connectivity index (χ4n) is 1.59. The zero-order valence-electron chi connectivity index (χ0n) is 11.2. The van der Waals surface area contributed by atoms with Gasteiger partial charge in [-0.1, -0.05) is 29.8 Å². The Morgan fingerprint density at radius 3 is 2.84 bits per heavy atom. The van der Waals surface area contributed by atoms with E-state index in [2.05, 4.69) is 17.2 Å². The molecule has 1 rings (SSSR count). The Balaban J connectivity index is 2.70. The number of ether oxygens (including phenoxy) is 1. The van der Waals surface area contributed by atoms with Gasteiger partial charge < -0.3 is 15.4 Å². The monoisotopic (exact) mass is 282 g/mol. The van der Waals surface area contributed by atoms with Gasteiger partial charge in [0.1, 0.15) is 5.60 Å². The van der Waals surface area contributed by atoms with Gasteiger partial charge in [-0.05, 0) is 24.6 Å². The van der Waals surface area contributed by atoms with Crippen LogP contribution in [0.4, 0.5) is 4.79 Å². The van der Waals surface area contributed by atoms with E-state index in [-0.39, 0.29) is 6.03 Å². The summed E-state index contributed by atoms with van der Waals surface area (Å²) in [5.74, 6) is 0. The number of benzene rings is 1. The molecule has 1 atom stereocenters. The topological polar surface area (TPSA) is 50.4 Å². The SMILES string of the molecule is C=CCNC(=O)NCC(C)(OC)c1cccc(Cl)c1. The minimum absolute atomic E-state index is 0.259. The van der Waals surface area contributed by atoms with E-state index in [1.54, 1.807) is 19.3 Å². The van der Waals surface area contributed by atoms with E-state index in [1.165, 1.54) is 0 Å². The van der Waals surface area contributed by atoms with E-state index in [0.717, 1.165) is 5.56 Å². The highest BCUT2D eigenvalue weighted by Gasteiger charge is 2.27. The van der Waals surface area contributed by atoms with Crippen molar-refractivity contribution in [3.05, 3.63) is 47.5 Å². The number of amides is 2. The molecule has 0 spiro atoms. The molecule has 1 unspecified atom stereocenters. The number of hydrogen-bond donors (Lipinski definition) is 2. The highest BCUT2D eigenvalue weighted by molar-refractivity contribution is 6.30. The Morgan fingerprint density at radius 1 is 1.53 bits per heavy atom. The second-order valence-corrected chi connectivity index (χ2v) is 4.73. The third-order valence-electron chi connectivity index (χ3n) is 2.88. The molecule has 0 radical (unpaired) electrons. The van der Waals surface area contributed by atoms with Crippen LogP contribution in [-0.4, -0.2) is 26.2 Å². The molecule has 2 amide bonds. The van der Waals surface area contributed by atoms with Crippen LogP contribution < -0.4 is 10.6 Å². The summed E-state index contributed by atoms with van der Waals surface area (Å²) in [5.41, 5.74) is 0.280. The summed E-state index contributed by atoms with van der Waals surface area (Å²) in [6.45, 7) is 6.19. The van der Waals surface area contributed by atoms with Crippen molar-refractivity contribution in [2.24, 2.45) is 0 Å². The summed E-state index contributed by atoms with van der Waals surface area (Å²) in [5, 5.41) is 6.04. The van der Waals surface area contributed by atoms with Gasteiger partial charge >= 0.3 is 6.03 Å². The molecule has 1 aromatic rings. The molecule has 1 aromatic carbocycles. The number of hydrogen-bond acceptors (Lipinski definition) is 2. The Hall–Kier alpha value is -1.52. The van der Waals surface area contributed by atoms with Crippen LogP contribution in [0.2, 0.25) is 5.02 Å². The summed E-state index contributed by atoms with van der Waals surface area (Å²) in [6, 6.07) is 7.13. The number of urea groups is 1. The van der Waals surface area contributed by atoms with Gasteiger partial charge in [0.05, 0.1) is 6.54 Å². The van der Waals surface area contributed by atoms with Gasteiger partial charge in [0, 0.05) is 18.7 Å². The fourth-order valence-corrected chi connectivity index (χ4v) is 1.78. The highest BCUT2D eigenvalue weighted by atomic mass is 35.5. The molecule has 0 bridgehead atoms. The molecule has 0 aromatic heterocycles. The Bertz CT molecular complexity index is 451. The summed E-state index contributed by atoms with van der Waals surface area (Å²) in [7, 11) is 1.60. The van der Waals surface area contributed by atoms with E-state index in [9.17, 15) is 4.79 Å². The van der Waals surface area contributed by atoms with E-state index >= 15 is 0 Å². The summed E-state index contributed by atoms with van der Waals surface area (Å²) < 4.78 is 5.51. The third-order valence-corrected chi connectivity index (χ3v) is 3.11. The first-order valence-electron chi connectivity index (χ1n) is 5.95. The van der Waals surface area contributed by atoms with Crippen LogP contribution >= 0.6 is 11.6 Å². The van der Waals surface area contributed by atoms with Crippen LogP contribution in [-0.2, 0) is 10.3 Å². The standard InChI is InChI=1S/C14H19ClN2O2/c1-4-8-16-13(18)17-10-14(2,19-3)11-6-5-7-12(15)9-11/h4-7,9H,1,8,10H2,2-3H3,(H2,16,17,18). The molecule has 0 heterocycles. The number of carbonyl (C=O) groups excluding carboxylic acids is 1. The lowest BCUT2D eigenvalue weighted by molar-refractivity contribution is 0.00491. The molecule has 4 nitrogen and oxygen atoms in total. The van der Waals surface area contributed by atoms with Crippen molar-refractivity contribution in [3.63, 3.8) is 0 Å². The molecule has 104 valence electrons. The number of nitrogens with one attached hydrogen (secondary N) is 2. The van der Waals surface area contributed by atoms with Crippen LogP contribution in [0.5, 0.6) is 0 Å². The Labute approximate surface area is 118 Å². The second kappa shape index (κ2) is 7.16. The first kappa shape index (κ1) is 15.5. The van der Waals surface area contributed by atoms with Gasteiger partial charge in [-0.15, -0.1) is 6.58 Å². The molecule has 0 saturated carbocycles. The molecule has 0 saturated heterocycles. The van der Waals surface area contributed by atoms with E-state index in [4.69, 9.17) is 16.3 Å². The van der Waals surface area contributed by atoms with E-state index in [0.29, 0.717) is 18.1 Å². The average molecular weight is 283 g/mol. The first-order chi connectivity index (χ1) is 9.01. The quantitative estimate of drug-likeness (QED) is 0.788. The molecule has 2 N–H and O–H groups in total. The molecule has 0 fully saturated rings. The van der Waals surface area contributed by atoms with Crippen molar-refractivity contribution in [1.29, 1.82) is 0 Å². The lowest BCUT2D eigenvalue weighted by Gasteiger charge is -2.29. The molecule has 5 heteroatoms. The summed E-state index contributed by atoms with van der Waals surface area (Å²) in [6.07, 6.45) is 1.62. The van der Waals surface area contributed by atoms with Crippen molar-refractivity contribution in [3.8, 4) is 0 Å². The summed E-state index contributed by atoms with van der Waals surface area (Å²) in [4.78, 5) is 11.5. The molecule has 0 aliphatic carbocycles. The first-order valence-corrected chi connectivity index (χ1v) is 6.33. The largest absolute Gasteiger partial charge is 0.372 e. The number of methoxy groups -OCH3 is 1. The minimum atomic E-state index is -0.629. The van der Waals surface area contributed by atoms with Gasteiger partial charge in [0.2, 0.25) is 0 Å². The Kier molecular flexibility index (Phi) is 5.86. The van der Waals surface area contributed by atoms with Crippen LogP contribution in [0.15, 0.2) is 36.9 Å². The maximum absolute atomic E-state index is 11.5. The number of halogens is 1. The van der Waals surface area contributed by atoms with Crippen LogP contribution in [0.1, 0.15) is 12.5 Å². The van der Waals surface area contributed by atoms with Crippen molar-refractivity contribution in [2.45, 2.75) is 12.5 Å². The minimum Gasteiger partial charge on any atom is -0.372 e. The Morgan fingerprint density at radius 2 is 2.26 bits per heavy atom. The highest BCUT2D eigenvalue weighted by Crippen LogP contribution is 2.26. The molecular formula is C14H19ClN2O2. The molecular weight excluding hydrogens is 264 g/mol. The fraction of sp³-hybridized carbons (Fsp3) is 0.357. The van der Waals surface area contributed by atoms with Crippen LogP contribution in [0.3, 0.4) is 0 Å². The normalized spacial score (nSPS) is 13.4. The van der Waals surface area contributed by atoms with Gasteiger partial charge in [-0.2, -0.15) is 0 Å².